The molecule has 0 spiro atoms. The summed E-state index contributed by atoms with van der Waals surface area (Å²) in [5.74, 6) is 0. The van der Waals surface area contributed by atoms with E-state index in [0.717, 1.165) is 17.0 Å². The van der Waals surface area contributed by atoms with Crippen molar-refractivity contribution >= 4 is 17.0 Å². The molecule has 0 fully saturated rings. The van der Waals surface area contributed by atoms with Crippen LogP contribution in [0.25, 0.3) is 10.9 Å². The van der Waals surface area contributed by atoms with E-state index in [9.17, 15) is 36.2 Å². The van der Waals surface area contributed by atoms with Gasteiger partial charge in [-0.3, -0.25) is 0 Å². The van der Waals surface area contributed by atoms with Gasteiger partial charge in [-0.1, -0.05) is 42.5 Å². The van der Waals surface area contributed by atoms with Crippen LogP contribution in [-0.2, 0) is 23.6 Å². The monoisotopic (exact) mass is 514 g/mol. The Hall–Kier alpha value is -3.34. The maximum atomic E-state index is 13.5. The molecule has 0 saturated carbocycles. The number of para-hydroxylation sites is 1. The maximum absolute atomic E-state index is 13.5. The second kappa shape index (κ2) is 9.96. The first-order valence-corrected chi connectivity index (χ1v) is 10.8. The molecule has 1 aromatic heterocycles. The molecule has 1 heterocycles. The lowest BCUT2D eigenvalue weighted by Crippen LogP contribution is -2.38. The molecule has 2 aromatic carbocycles. The summed E-state index contributed by atoms with van der Waals surface area (Å²) in [5, 5.41) is 10.7. The Morgan fingerprint density at radius 2 is 1.61 bits per heavy atom. The van der Waals surface area contributed by atoms with E-state index in [-0.39, 0.29) is 11.9 Å². The fourth-order valence-corrected chi connectivity index (χ4v) is 3.57. The molecule has 5 nitrogen and oxygen atoms in total. The number of carbonyl (C=O) groups excluding carboxylic acids is 1. The molecule has 0 bridgehead atoms. The highest BCUT2D eigenvalue weighted by atomic mass is 19.4. The molecule has 1 atom stereocenters. The van der Waals surface area contributed by atoms with Gasteiger partial charge in [-0.2, -0.15) is 26.3 Å². The third-order valence-electron chi connectivity index (χ3n) is 5.09. The van der Waals surface area contributed by atoms with Gasteiger partial charge in [-0.25, -0.2) is 9.78 Å². The third kappa shape index (κ3) is 6.66. The Kier molecular flexibility index (Phi) is 7.54. The fraction of sp³-hybridized carbons (Fsp3) is 0.360. The smallest absolute Gasteiger partial charge is 0.433 e. The minimum Gasteiger partial charge on any atom is -0.444 e. The summed E-state index contributed by atoms with van der Waals surface area (Å²) in [7, 11) is 0. The van der Waals surface area contributed by atoms with E-state index in [1.165, 1.54) is 0 Å². The fourth-order valence-electron chi connectivity index (χ4n) is 3.57. The largest absolute Gasteiger partial charge is 0.444 e. The number of hydrogen-bond donors (Lipinski definition) is 1. The van der Waals surface area contributed by atoms with E-state index in [4.69, 9.17) is 4.74 Å². The van der Waals surface area contributed by atoms with Gasteiger partial charge in [0.05, 0.1) is 23.7 Å². The van der Waals surface area contributed by atoms with Gasteiger partial charge in [0.2, 0.25) is 0 Å². The van der Waals surface area contributed by atoms with Crippen LogP contribution in [0, 0.1) is 0 Å². The van der Waals surface area contributed by atoms with Crippen molar-refractivity contribution in [3.8, 4) is 0 Å². The number of carbonyl (C=O) groups is 1. The summed E-state index contributed by atoms with van der Waals surface area (Å²) >= 11 is 0. The van der Waals surface area contributed by atoms with E-state index < -0.39 is 59.0 Å². The highest BCUT2D eigenvalue weighted by Gasteiger charge is 2.38. The molecule has 0 aliphatic carbocycles. The number of hydrogen-bond acceptors (Lipinski definition) is 4. The average molecular weight is 514 g/mol. The van der Waals surface area contributed by atoms with Crippen LogP contribution in [0.5, 0.6) is 0 Å². The summed E-state index contributed by atoms with van der Waals surface area (Å²) < 4.78 is 86.6. The number of aliphatic hydroxyl groups excluding tert-OH is 1. The average Bonchev–Trinajstić information content (AvgIpc) is 2.75. The number of nitrogens with zero attached hydrogens (tertiary/aromatic N) is 2. The van der Waals surface area contributed by atoms with Gasteiger partial charge in [-0.05, 0) is 44.0 Å². The minimum atomic E-state index is -5.07. The second-order valence-corrected chi connectivity index (χ2v) is 9.16. The summed E-state index contributed by atoms with van der Waals surface area (Å²) in [5.41, 5.74) is -4.61. The van der Waals surface area contributed by atoms with Crippen molar-refractivity contribution in [3.05, 3.63) is 77.0 Å². The van der Waals surface area contributed by atoms with E-state index in [1.807, 2.05) is 0 Å². The molecule has 194 valence electrons. The van der Waals surface area contributed by atoms with Crippen molar-refractivity contribution in [2.75, 3.05) is 6.54 Å². The number of amides is 1. The van der Waals surface area contributed by atoms with Gasteiger partial charge < -0.3 is 14.7 Å². The Morgan fingerprint density at radius 1 is 0.972 bits per heavy atom. The van der Waals surface area contributed by atoms with Gasteiger partial charge >= 0.3 is 18.4 Å². The number of aromatic nitrogens is 1. The minimum absolute atomic E-state index is 0.0598. The summed E-state index contributed by atoms with van der Waals surface area (Å²) in [4.78, 5) is 17.2. The van der Waals surface area contributed by atoms with Crippen LogP contribution in [0.2, 0.25) is 0 Å². The van der Waals surface area contributed by atoms with Crippen LogP contribution in [0.15, 0.2) is 54.6 Å². The number of halogens is 6. The Labute approximate surface area is 203 Å². The van der Waals surface area contributed by atoms with Crippen LogP contribution in [0.4, 0.5) is 31.1 Å². The maximum Gasteiger partial charge on any atom is 0.433 e. The van der Waals surface area contributed by atoms with Crippen molar-refractivity contribution in [1.29, 1.82) is 0 Å². The Morgan fingerprint density at radius 3 is 2.17 bits per heavy atom. The van der Waals surface area contributed by atoms with E-state index in [2.05, 4.69) is 4.98 Å². The summed E-state index contributed by atoms with van der Waals surface area (Å²) in [6, 6.07) is 11.9. The van der Waals surface area contributed by atoms with Crippen LogP contribution in [0.1, 0.15) is 49.3 Å². The zero-order chi connectivity index (χ0) is 26.9. The van der Waals surface area contributed by atoms with Gasteiger partial charge in [-0.15, -0.1) is 0 Å². The van der Waals surface area contributed by atoms with Gasteiger partial charge in [0, 0.05) is 11.9 Å². The van der Waals surface area contributed by atoms with Crippen LogP contribution in [-0.4, -0.2) is 33.2 Å². The molecule has 1 unspecified atom stereocenters. The summed E-state index contributed by atoms with van der Waals surface area (Å²) in [6.07, 6.45) is -12.7. The lowest BCUT2D eigenvalue weighted by atomic mass is 9.99. The predicted octanol–water partition coefficient (Wildman–Crippen LogP) is 6.74. The zero-order valence-electron chi connectivity index (χ0n) is 19.6. The number of fused-ring (bicyclic) bond motifs is 1. The van der Waals surface area contributed by atoms with Crippen LogP contribution >= 0.6 is 0 Å². The van der Waals surface area contributed by atoms with E-state index >= 15 is 0 Å². The first-order chi connectivity index (χ1) is 16.6. The molecule has 0 aliphatic rings. The number of ether oxygens (including phenoxy) is 1. The molecule has 1 amide bonds. The van der Waals surface area contributed by atoms with Gasteiger partial charge in [0.25, 0.3) is 0 Å². The SMILES string of the molecule is CC(C)(C)OC(=O)N(Cc1ccccc1)CC(O)c1cc(C(F)(F)F)nc2c(C(F)(F)F)cccc12. The zero-order valence-corrected chi connectivity index (χ0v) is 19.6. The molecular formula is C25H24F6N2O3. The van der Waals surface area contributed by atoms with E-state index in [0.29, 0.717) is 17.7 Å². The third-order valence-corrected chi connectivity index (χ3v) is 5.09. The molecule has 1 N–H and O–H groups in total. The normalized spacial score (nSPS) is 13.5. The van der Waals surface area contributed by atoms with E-state index in [1.54, 1.807) is 51.1 Å². The lowest BCUT2D eigenvalue weighted by Gasteiger charge is -2.29. The molecule has 0 aliphatic heterocycles. The standard InChI is InChI=1S/C25H24F6N2O3/c1-23(2,3)36-22(35)33(13-15-8-5-4-6-9-15)14-19(34)17-12-20(25(29,30)31)32-21-16(17)10-7-11-18(21)24(26,27)28/h4-12,19,34H,13-14H2,1-3H3. The topological polar surface area (TPSA) is 62.7 Å². The lowest BCUT2D eigenvalue weighted by molar-refractivity contribution is -0.142. The van der Waals surface area contributed by atoms with Crippen molar-refractivity contribution in [2.24, 2.45) is 0 Å². The molecule has 11 heteroatoms. The molecular weight excluding hydrogens is 490 g/mol. The van der Waals surface area contributed by atoms with Crippen molar-refractivity contribution in [2.45, 2.75) is 51.4 Å². The van der Waals surface area contributed by atoms with Crippen molar-refractivity contribution in [3.63, 3.8) is 0 Å². The number of alkyl halides is 6. The Balaban J connectivity index is 2.09. The summed E-state index contributed by atoms with van der Waals surface area (Å²) in [6.45, 7) is 4.25. The van der Waals surface area contributed by atoms with Crippen LogP contribution < -0.4 is 0 Å². The highest BCUT2D eigenvalue weighted by molar-refractivity contribution is 5.86. The molecule has 0 radical (unpaired) electrons. The number of aliphatic hydroxyl groups is 1. The number of rotatable bonds is 5. The predicted molar refractivity (Wildman–Crippen MR) is 120 cm³/mol. The molecule has 3 aromatic rings. The molecule has 0 saturated heterocycles. The van der Waals surface area contributed by atoms with Crippen molar-refractivity contribution < 1.29 is 41.0 Å². The first kappa shape index (κ1) is 27.3. The number of pyridine rings is 1. The van der Waals surface area contributed by atoms with Crippen LogP contribution in [0.3, 0.4) is 0 Å². The van der Waals surface area contributed by atoms with Gasteiger partial charge in [0.15, 0.2) is 0 Å². The second-order valence-electron chi connectivity index (χ2n) is 9.16. The van der Waals surface area contributed by atoms with Crippen molar-refractivity contribution in [1.82, 2.24) is 9.88 Å². The quantitative estimate of drug-likeness (QED) is 0.383. The Bertz CT molecular complexity index is 1220. The molecule has 36 heavy (non-hydrogen) atoms. The highest BCUT2D eigenvalue weighted by Crippen LogP contribution is 2.39. The number of benzene rings is 2. The van der Waals surface area contributed by atoms with Gasteiger partial charge in [0.1, 0.15) is 11.3 Å². The molecule has 3 rings (SSSR count). The first-order valence-electron chi connectivity index (χ1n) is 10.8.